The van der Waals surface area contributed by atoms with Gasteiger partial charge in [-0.15, -0.1) is 0 Å². The largest absolute Gasteiger partial charge is 0.493 e. The molecular formula is C12H15FO5. The summed E-state index contributed by atoms with van der Waals surface area (Å²) in [6.07, 6.45) is 0. The fourth-order valence-corrected chi connectivity index (χ4v) is 1.34. The molecule has 100 valence electrons. The van der Waals surface area contributed by atoms with Crippen LogP contribution in [0.2, 0.25) is 0 Å². The lowest BCUT2D eigenvalue weighted by Crippen LogP contribution is -2.15. The molecule has 0 saturated heterocycles. The molecule has 0 spiro atoms. The average Bonchev–Trinajstić information content (AvgIpc) is 2.36. The Morgan fingerprint density at radius 3 is 2.72 bits per heavy atom. The van der Waals surface area contributed by atoms with E-state index in [1.807, 2.05) is 0 Å². The number of carbonyl (C=O) groups is 1. The van der Waals surface area contributed by atoms with Crippen molar-refractivity contribution in [2.45, 2.75) is 13.5 Å². The molecule has 18 heavy (non-hydrogen) atoms. The third-order valence-electron chi connectivity index (χ3n) is 2.11. The van der Waals surface area contributed by atoms with Crippen LogP contribution < -0.4 is 9.47 Å². The van der Waals surface area contributed by atoms with Gasteiger partial charge in [-0.2, -0.15) is 0 Å². The number of halogens is 1. The molecule has 0 aliphatic carbocycles. The van der Waals surface area contributed by atoms with Crippen LogP contribution in [0.15, 0.2) is 12.1 Å². The molecule has 0 saturated carbocycles. The molecule has 0 amide bonds. The van der Waals surface area contributed by atoms with Crippen molar-refractivity contribution < 1.29 is 28.5 Å². The molecule has 6 heteroatoms. The van der Waals surface area contributed by atoms with E-state index in [1.54, 1.807) is 6.92 Å². The molecule has 0 fully saturated rings. The Balaban J connectivity index is 2.84. The minimum Gasteiger partial charge on any atom is -0.493 e. The van der Waals surface area contributed by atoms with Crippen molar-refractivity contribution in [2.24, 2.45) is 0 Å². The van der Waals surface area contributed by atoms with Crippen molar-refractivity contribution in [3.05, 3.63) is 23.5 Å². The lowest BCUT2D eigenvalue weighted by atomic mass is 10.2. The third kappa shape index (κ3) is 3.59. The molecule has 1 rings (SSSR count). The molecule has 1 N–H and O–H groups in total. The van der Waals surface area contributed by atoms with Gasteiger partial charge in [-0.3, -0.25) is 0 Å². The lowest BCUT2D eigenvalue weighted by molar-refractivity contribution is -0.145. The molecule has 0 aliphatic rings. The summed E-state index contributed by atoms with van der Waals surface area (Å²) >= 11 is 0. The first-order valence-electron chi connectivity index (χ1n) is 5.38. The van der Waals surface area contributed by atoms with Gasteiger partial charge in [0.25, 0.3) is 0 Å². The Bertz CT molecular complexity index is 419. The smallest absolute Gasteiger partial charge is 0.344 e. The predicted molar refractivity (Wildman–Crippen MR) is 61.0 cm³/mol. The zero-order valence-corrected chi connectivity index (χ0v) is 10.2. The number of hydrogen-bond acceptors (Lipinski definition) is 5. The van der Waals surface area contributed by atoms with E-state index >= 15 is 0 Å². The maximum atomic E-state index is 13.7. The van der Waals surface area contributed by atoms with E-state index in [2.05, 4.69) is 4.74 Å². The van der Waals surface area contributed by atoms with E-state index in [9.17, 15) is 9.18 Å². The van der Waals surface area contributed by atoms with Crippen LogP contribution in [0.3, 0.4) is 0 Å². The topological polar surface area (TPSA) is 65.0 Å². The standard InChI is InChI=1S/C12H15FO5/c1-3-17-11(15)7-18-12-9(13)4-8(6-14)5-10(12)16-2/h4-5,14H,3,6-7H2,1-2H3. The predicted octanol–water partition coefficient (Wildman–Crippen LogP) is 1.27. The number of carbonyl (C=O) groups excluding carboxylic acids is 1. The number of ether oxygens (including phenoxy) is 3. The fraction of sp³-hybridized carbons (Fsp3) is 0.417. The molecule has 0 atom stereocenters. The Hall–Kier alpha value is -1.82. The summed E-state index contributed by atoms with van der Waals surface area (Å²) in [6.45, 7) is 1.17. The second-order valence-corrected chi connectivity index (χ2v) is 3.36. The highest BCUT2D eigenvalue weighted by Gasteiger charge is 2.15. The monoisotopic (exact) mass is 258 g/mol. The molecule has 0 radical (unpaired) electrons. The Morgan fingerprint density at radius 2 is 2.17 bits per heavy atom. The molecule has 1 aromatic rings. The van der Waals surface area contributed by atoms with E-state index in [4.69, 9.17) is 14.6 Å². The van der Waals surface area contributed by atoms with Crippen LogP contribution in [0.4, 0.5) is 4.39 Å². The van der Waals surface area contributed by atoms with Gasteiger partial charge in [-0.05, 0) is 24.6 Å². The highest BCUT2D eigenvalue weighted by Crippen LogP contribution is 2.31. The van der Waals surface area contributed by atoms with Crippen LogP contribution in [0.5, 0.6) is 11.5 Å². The second-order valence-electron chi connectivity index (χ2n) is 3.36. The van der Waals surface area contributed by atoms with E-state index in [1.165, 1.54) is 13.2 Å². The van der Waals surface area contributed by atoms with Crippen molar-refractivity contribution in [3.8, 4) is 11.5 Å². The number of aliphatic hydroxyl groups is 1. The van der Waals surface area contributed by atoms with Gasteiger partial charge in [-0.25, -0.2) is 9.18 Å². The number of hydrogen-bond donors (Lipinski definition) is 1. The maximum Gasteiger partial charge on any atom is 0.344 e. The Morgan fingerprint density at radius 1 is 1.44 bits per heavy atom. The second kappa shape index (κ2) is 6.80. The molecule has 5 nitrogen and oxygen atoms in total. The van der Waals surface area contributed by atoms with Crippen molar-refractivity contribution in [2.75, 3.05) is 20.3 Å². The lowest BCUT2D eigenvalue weighted by Gasteiger charge is -2.12. The van der Waals surface area contributed by atoms with Crippen molar-refractivity contribution in [1.82, 2.24) is 0 Å². The zero-order chi connectivity index (χ0) is 13.5. The number of aliphatic hydroxyl groups excluding tert-OH is 1. The van der Waals surface area contributed by atoms with Gasteiger partial charge in [0, 0.05) is 0 Å². The van der Waals surface area contributed by atoms with Crippen molar-refractivity contribution in [1.29, 1.82) is 0 Å². The average molecular weight is 258 g/mol. The van der Waals surface area contributed by atoms with Gasteiger partial charge >= 0.3 is 5.97 Å². The van der Waals surface area contributed by atoms with Crippen molar-refractivity contribution >= 4 is 5.97 Å². The molecular weight excluding hydrogens is 243 g/mol. The molecule has 0 unspecified atom stereocenters. The quantitative estimate of drug-likeness (QED) is 0.778. The molecule has 0 heterocycles. The van der Waals surface area contributed by atoms with Gasteiger partial charge in [0.15, 0.2) is 23.9 Å². The minimum atomic E-state index is -0.706. The first-order chi connectivity index (χ1) is 8.62. The summed E-state index contributed by atoms with van der Waals surface area (Å²) in [4.78, 5) is 11.1. The van der Waals surface area contributed by atoms with E-state index in [0.717, 1.165) is 6.07 Å². The highest BCUT2D eigenvalue weighted by atomic mass is 19.1. The first kappa shape index (κ1) is 14.2. The molecule has 0 aromatic heterocycles. The molecule has 0 aliphatic heterocycles. The summed E-state index contributed by atoms with van der Waals surface area (Å²) < 4.78 is 28.3. The van der Waals surface area contributed by atoms with Crippen molar-refractivity contribution in [3.63, 3.8) is 0 Å². The molecule has 0 bridgehead atoms. The highest BCUT2D eigenvalue weighted by molar-refractivity contribution is 5.71. The fourth-order valence-electron chi connectivity index (χ4n) is 1.34. The van der Waals surface area contributed by atoms with Gasteiger partial charge in [0.05, 0.1) is 20.3 Å². The normalized spacial score (nSPS) is 10.0. The number of esters is 1. The van der Waals surface area contributed by atoms with Crippen LogP contribution in [-0.4, -0.2) is 31.4 Å². The van der Waals surface area contributed by atoms with E-state index in [-0.39, 0.29) is 24.7 Å². The molecule has 1 aromatic carbocycles. The van der Waals surface area contributed by atoms with E-state index < -0.39 is 18.4 Å². The number of rotatable bonds is 6. The summed E-state index contributed by atoms with van der Waals surface area (Å²) in [5.74, 6) is -1.36. The summed E-state index contributed by atoms with van der Waals surface area (Å²) in [5, 5.41) is 8.92. The maximum absolute atomic E-state index is 13.7. The van der Waals surface area contributed by atoms with Crippen LogP contribution >= 0.6 is 0 Å². The zero-order valence-electron chi connectivity index (χ0n) is 10.2. The third-order valence-corrected chi connectivity index (χ3v) is 2.11. The van der Waals surface area contributed by atoms with Gasteiger partial charge < -0.3 is 19.3 Å². The van der Waals surface area contributed by atoms with Crippen LogP contribution in [0, 0.1) is 5.82 Å². The number of benzene rings is 1. The summed E-state index contributed by atoms with van der Waals surface area (Å²) in [5.41, 5.74) is 0.354. The van der Waals surface area contributed by atoms with Crippen LogP contribution in [-0.2, 0) is 16.1 Å². The van der Waals surface area contributed by atoms with E-state index in [0.29, 0.717) is 5.56 Å². The number of methoxy groups -OCH3 is 1. The Kier molecular flexibility index (Phi) is 5.38. The van der Waals surface area contributed by atoms with Crippen LogP contribution in [0.1, 0.15) is 12.5 Å². The first-order valence-corrected chi connectivity index (χ1v) is 5.38. The SMILES string of the molecule is CCOC(=O)COc1c(F)cc(CO)cc1OC. The Labute approximate surface area is 104 Å². The summed E-state index contributed by atoms with van der Waals surface area (Å²) in [7, 11) is 1.34. The summed E-state index contributed by atoms with van der Waals surface area (Å²) in [6, 6.07) is 2.55. The van der Waals surface area contributed by atoms with Gasteiger partial charge in [-0.1, -0.05) is 0 Å². The minimum absolute atomic E-state index is 0.114. The van der Waals surface area contributed by atoms with Gasteiger partial charge in [0.1, 0.15) is 0 Å². The van der Waals surface area contributed by atoms with Gasteiger partial charge in [0.2, 0.25) is 0 Å². The van der Waals surface area contributed by atoms with Crippen LogP contribution in [0.25, 0.3) is 0 Å².